The van der Waals surface area contributed by atoms with Crippen LogP contribution in [0.25, 0.3) is 0 Å². The predicted molar refractivity (Wildman–Crippen MR) is 557 cm³/mol. The number of nitro groups is 2. The molecular weight excluding hydrogens is 1800 g/mol. The van der Waals surface area contributed by atoms with E-state index in [0.29, 0.717) is 75.3 Å². The zero-order chi connectivity index (χ0) is 97.6. The van der Waals surface area contributed by atoms with Crippen LogP contribution < -0.4 is 40.9 Å². The SMILES string of the molecule is C.CSc1ccc(NC2CCN(C(=O)CCCN3CCN(c4ccc(C)cc4)CC3)CC2)cc1.Cc1cc(NC2CCN(C(=O)CCCN3CCN(c4ccc(Cl)cc4)CC3)CC2)ccc1C#N.Cc1cc(NC2CCN(C(=O)CCN3CCN(c4ccccc4)CC3)CC2)ccc1[N+](=O)[O-].Cc1ccc(N2CCN(CC(C)C(=O)N3CCC(Nc4ccc([N+](=O)[O-])c(C(F)(F)F)c4)CC3)CC2)cc1. The minimum Gasteiger partial charge on any atom is -0.382 e. The summed E-state index contributed by atoms with van der Waals surface area (Å²) in [6, 6.07) is 61.7. The van der Waals surface area contributed by atoms with Crippen molar-refractivity contribution < 1.29 is 42.2 Å². The minimum absolute atomic E-state index is 0. The predicted octanol–water partition coefficient (Wildman–Crippen LogP) is 18.2. The van der Waals surface area contributed by atoms with Gasteiger partial charge in [-0.1, -0.05) is 79.5 Å². The molecule has 8 saturated heterocycles. The zero-order valence-electron chi connectivity index (χ0n) is 81.1. The Morgan fingerprint density at radius 2 is 0.770 bits per heavy atom. The Balaban J connectivity index is 0.000000166. The van der Waals surface area contributed by atoms with Crippen LogP contribution in [0.3, 0.4) is 0 Å². The highest BCUT2D eigenvalue weighted by molar-refractivity contribution is 7.98. The number of rotatable bonds is 29. The van der Waals surface area contributed by atoms with Gasteiger partial charge in [0.1, 0.15) is 5.56 Å². The molecule has 0 saturated carbocycles. The molecule has 4 amide bonds. The number of hydrogen-bond donors (Lipinski definition) is 4. The Morgan fingerprint density at radius 1 is 0.424 bits per heavy atom. The zero-order valence-corrected chi connectivity index (χ0v) is 82.7. The third-order valence-corrected chi connectivity index (χ3v) is 29.1. The first-order valence-electron chi connectivity index (χ1n) is 49.4. The number of para-hydroxylation sites is 1. The lowest BCUT2D eigenvalue weighted by Crippen LogP contribution is -2.50. The number of carbonyl (C=O) groups is 4. The summed E-state index contributed by atoms with van der Waals surface area (Å²) in [6.45, 7) is 35.3. The molecule has 0 radical (unpaired) electrons. The number of halogens is 4. The van der Waals surface area contributed by atoms with Crippen LogP contribution in [0.4, 0.5) is 70.0 Å². The summed E-state index contributed by atoms with van der Waals surface area (Å²) in [5.41, 5.74) is 11.2. The number of piperidine rings is 4. The highest BCUT2D eigenvalue weighted by Crippen LogP contribution is 2.39. The smallest absolute Gasteiger partial charge is 0.382 e. The lowest BCUT2D eigenvalue weighted by atomic mass is 10.0. The third-order valence-electron chi connectivity index (χ3n) is 28.1. The van der Waals surface area contributed by atoms with Crippen LogP contribution in [-0.4, -0.2) is 286 Å². The third kappa shape index (κ3) is 32.3. The first-order valence-corrected chi connectivity index (χ1v) is 51.0. The van der Waals surface area contributed by atoms with E-state index in [9.17, 15) is 52.6 Å². The maximum absolute atomic E-state index is 13.3. The molecule has 32 heteroatoms. The summed E-state index contributed by atoms with van der Waals surface area (Å²) in [5.74, 6) is 0.808. The van der Waals surface area contributed by atoms with Crippen LogP contribution in [-0.2, 0) is 25.4 Å². The van der Waals surface area contributed by atoms with Crippen LogP contribution in [0, 0.1) is 65.2 Å². The van der Waals surface area contributed by atoms with Crippen molar-refractivity contribution in [1.82, 2.24) is 39.2 Å². The van der Waals surface area contributed by atoms with E-state index in [2.05, 4.69) is 201 Å². The lowest BCUT2D eigenvalue weighted by Gasteiger charge is -2.38. The number of nitrogens with one attached hydrogen (secondary N) is 4. The Kier molecular flexibility index (Phi) is 40.4. The normalized spacial score (nSPS) is 17.7. The summed E-state index contributed by atoms with van der Waals surface area (Å²) in [6.07, 6.45) is 7.95. The fraction of sp³-hybridized carbons (Fsp3) is 0.505. The van der Waals surface area contributed by atoms with Crippen molar-refractivity contribution in [3.63, 3.8) is 0 Å². The van der Waals surface area contributed by atoms with E-state index in [0.717, 1.165) is 255 Å². The highest BCUT2D eigenvalue weighted by atomic mass is 35.5. The molecular formula is C107H143ClF3N19O8S. The van der Waals surface area contributed by atoms with Gasteiger partial charge in [-0.15, -0.1) is 11.8 Å². The number of likely N-dealkylation sites (tertiary alicyclic amines) is 4. The second-order valence-electron chi connectivity index (χ2n) is 37.9. The standard InChI is InChI=1S/C27H34ClN5O.C27H34F3N5O3.C27H38N4OS.C25H33N5O3.CH4/c1-21-19-25(7-4-22(21)20-29)30-24-10-13-33(14-11-24)27(34)3-2-12-31-15-17-32(18-16-31)26-8-5-23(28)6-9-26;1-19-3-6-23(7-4-19)33-15-13-32(14-16-33)18-20(2)26(36)34-11-9-21(10-12-34)31-22-5-8-25(35(37)38)24(17-22)27(28,29)30;1-22-5-9-25(10-6-22)30-20-18-29(19-21-30)15-3-4-27(32)31-16-13-24(14-17-31)28-23-7-11-26(33-2)12-8-23;1-20-19-22(7-8-24(20)30(32)33)26-21-9-13-29(14-10-21)25(31)11-12-27-15-17-28(18-16-27)23-5-3-2-4-6-23;/h4-9,19,24,30H,2-3,10-18H2,1H3;3-8,17,20-21,31H,9-16,18H2,1-2H3;5-12,24,28H,3-4,13-21H2,1-2H3;2-8,19,21,26H,9-18H2,1H3;1H4. The molecule has 16 rings (SSSR count). The number of nitrogens with zero attached hydrogens (tertiary/aromatic N) is 15. The number of nitriles is 1. The van der Waals surface area contributed by atoms with Gasteiger partial charge in [-0.05, 0) is 244 Å². The van der Waals surface area contributed by atoms with Crippen molar-refractivity contribution in [3.8, 4) is 6.07 Å². The molecule has 8 heterocycles. The quantitative estimate of drug-likeness (QED) is 0.0193. The molecule has 139 heavy (non-hydrogen) atoms. The van der Waals surface area contributed by atoms with E-state index in [4.69, 9.17) is 16.9 Å². The van der Waals surface area contributed by atoms with Crippen molar-refractivity contribution in [2.24, 2.45) is 5.92 Å². The van der Waals surface area contributed by atoms with Gasteiger partial charge in [-0.3, -0.25) is 59.0 Å². The molecule has 1 atom stereocenters. The van der Waals surface area contributed by atoms with E-state index in [-0.39, 0.29) is 59.4 Å². The average Bonchev–Trinajstić information content (AvgIpc) is 0.801. The van der Waals surface area contributed by atoms with Crippen molar-refractivity contribution in [1.29, 1.82) is 5.26 Å². The van der Waals surface area contributed by atoms with Gasteiger partial charge in [0.25, 0.3) is 11.4 Å². The molecule has 27 nitrogen and oxygen atoms in total. The Bertz CT molecular complexity index is 5260. The van der Waals surface area contributed by atoms with E-state index in [1.54, 1.807) is 30.8 Å². The molecule has 1 unspecified atom stereocenters. The first kappa shape index (κ1) is 106. The molecule has 8 fully saturated rings. The maximum Gasteiger partial charge on any atom is 0.423 e. The van der Waals surface area contributed by atoms with Crippen molar-refractivity contribution >= 4 is 104 Å². The van der Waals surface area contributed by atoms with Crippen molar-refractivity contribution in [3.05, 3.63) is 241 Å². The molecule has 748 valence electrons. The van der Waals surface area contributed by atoms with Crippen molar-refractivity contribution in [2.45, 2.75) is 161 Å². The van der Waals surface area contributed by atoms with Gasteiger partial charge in [0.05, 0.1) is 21.5 Å². The number of piperazine rings is 4. The molecule has 4 N–H and O–H groups in total. The van der Waals surface area contributed by atoms with E-state index in [1.165, 1.54) is 50.5 Å². The Labute approximate surface area is 829 Å². The average molecular weight is 1950 g/mol. The summed E-state index contributed by atoms with van der Waals surface area (Å²) in [4.78, 5) is 100. The topological polar surface area (TPSA) is 265 Å². The fourth-order valence-electron chi connectivity index (χ4n) is 19.6. The number of amides is 4. The number of nitro benzene ring substituents is 2. The number of aryl methyl sites for hydroxylation is 4. The highest BCUT2D eigenvalue weighted by Gasteiger charge is 2.40. The molecule has 8 aromatic rings. The number of anilines is 8. The first-order chi connectivity index (χ1) is 66.6. The van der Waals surface area contributed by atoms with Gasteiger partial charge < -0.3 is 60.5 Å². The molecule has 0 aliphatic carbocycles. The molecule has 8 aliphatic rings. The van der Waals surface area contributed by atoms with Gasteiger partial charge in [0.15, 0.2) is 0 Å². The minimum atomic E-state index is -4.82. The second-order valence-corrected chi connectivity index (χ2v) is 39.2. The summed E-state index contributed by atoms with van der Waals surface area (Å²) in [5, 5.41) is 45.6. The second kappa shape index (κ2) is 52.7. The molecule has 0 bridgehead atoms. The van der Waals surface area contributed by atoms with Gasteiger partial charge in [-0.25, -0.2) is 0 Å². The summed E-state index contributed by atoms with van der Waals surface area (Å²) >= 11 is 7.76. The van der Waals surface area contributed by atoms with Gasteiger partial charge in [0.2, 0.25) is 23.6 Å². The van der Waals surface area contributed by atoms with E-state index >= 15 is 0 Å². The largest absolute Gasteiger partial charge is 0.423 e. The van der Waals surface area contributed by atoms with Crippen LogP contribution in [0.15, 0.2) is 187 Å². The molecule has 8 aromatic carbocycles. The Morgan fingerprint density at radius 3 is 1.16 bits per heavy atom. The fourth-order valence-corrected chi connectivity index (χ4v) is 20.2. The van der Waals surface area contributed by atoms with Crippen LogP contribution in [0.1, 0.15) is 131 Å². The molecule has 8 aliphatic heterocycles. The van der Waals surface area contributed by atoms with Crippen molar-refractivity contribution in [2.75, 3.05) is 230 Å². The number of carbonyl (C=O) groups excluding carboxylic acids is 4. The lowest BCUT2D eigenvalue weighted by molar-refractivity contribution is -0.388. The maximum atomic E-state index is 13.3. The van der Waals surface area contributed by atoms with Crippen LogP contribution in [0.2, 0.25) is 5.02 Å². The number of alkyl halides is 3. The van der Waals surface area contributed by atoms with Crippen LogP contribution in [0.5, 0.6) is 0 Å². The van der Waals surface area contributed by atoms with E-state index in [1.807, 2.05) is 71.0 Å². The van der Waals surface area contributed by atoms with Gasteiger partial charge >= 0.3 is 6.18 Å². The van der Waals surface area contributed by atoms with Crippen LogP contribution >= 0.6 is 23.4 Å². The van der Waals surface area contributed by atoms with E-state index < -0.39 is 22.4 Å². The molecule has 0 aromatic heterocycles. The summed E-state index contributed by atoms with van der Waals surface area (Å²) < 4.78 is 39.8. The Hall–Kier alpha value is -11.4. The monoisotopic (exact) mass is 1950 g/mol. The number of hydrogen-bond acceptors (Lipinski definition) is 22. The van der Waals surface area contributed by atoms with Gasteiger partial charge in [-0.2, -0.15) is 18.4 Å². The molecule has 0 spiro atoms. The number of thioether (sulfide) groups is 1. The summed E-state index contributed by atoms with van der Waals surface area (Å²) in [7, 11) is 0. The number of benzene rings is 8. The van der Waals surface area contributed by atoms with Gasteiger partial charge in [0, 0.05) is 293 Å².